The van der Waals surface area contributed by atoms with Crippen LogP contribution in [0.1, 0.15) is 38.2 Å². The van der Waals surface area contributed by atoms with Gasteiger partial charge in [0.2, 0.25) is 5.91 Å². The lowest BCUT2D eigenvalue weighted by Crippen LogP contribution is -2.05. The third-order valence-electron chi connectivity index (χ3n) is 2.56. The van der Waals surface area contributed by atoms with Gasteiger partial charge < -0.3 is 5.32 Å². The average Bonchev–Trinajstić information content (AvgIpc) is 2.26. The van der Waals surface area contributed by atoms with Gasteiger partial charge in [0, 0.05) is 12.6 Å². The molecular weight excluding hydrogens is 198 g/mol. The van der Waals surface area contributed by atoms with Crippen LogP contribution in [0.15, 0.2) is 24.3 Å². The van der Waals surface area contributed by atoms with E-state index in [0.29, 0.717) is 0 Å². The molecule has 1 N–H and O–H groups in total. The van der Waals surface area contributed by atoms with Gasteiger partial charge in [-0.15, -0.1) is 0 Å². The Bertz CT molecular complexity index is 316. The van der Waals surface area contributed by atoms with Crippen LogP contribution in [0.25, 0.3) is 0 Å². The summed E-state index contributed by atoms with van der Waals surface area (Å²) in [4.78, 5) is 10.7. The molecule has 16 heavy (non-hydrogen) atoms. The van der Waals surface area contributed by atoms with Crippen molar-refractivity contribution in [2.24, 2.45) is 0 Å². The number of nitrogens with one attached hydrogen (secondary N) is 1. The van der Waals surface area contributed by atoms with Gasteiger partial charge in [0.15, 0.2) is 0 Å². The molecule has 0 aliphatic carbocycles. The number of hydrogen-bond donors (Lipinski definition) is 1. The number of carbonyl (C=O) groups excluding carboxylic acids is 1. The predicted octanol–water partition coefficient (Wildman–Crippen LogP) is 3.58. The minimum Gasteiger partial charge on any atom is -0.326 e. The Morgan fingerprint density at radius 2 is 1.88 bits per heavy atom. The smallest absolute Gasteiger partial charge is 0.224 e. The Morgan fingerprint density at radius 1 is 1.19 bits per heavy atom. The van der Waals surface area contributed by atoms with E-state index in [2.05, 4.69) is 31.3 Å². The summed E-state index contributed by atoms with van der Waals surface area (Å²) in [6.07, 6.45) is 6.26. The zero-order valence-electron chi connectivity index (χ0n) is 9.96. The van der Waals surface area contributed by atoms with Gasteiger partial charge in [-0.1, -0.05) is 38.3 Å². The highest BCUT2D eigenvalue weighted by atomic mass is 16.1. The minimum atomic E-state index is -0.268. The molecule has 0 aromatic heterocycles. The number of carbonyl (C=O) groups is 1. The van der Waals surface area contributed by atoms with Gasteiger partial charge in [-0.2, -0.15) is 0 Å². The van der Waals surface area contributed by atoms with Crippen LogP contribution in [0.4, 0.5) is 5.69 Å². The molecule has 0 atom stereocenters. The summed E-state index contributed by atoms with van der Waals surface area (Å²) in [5.74, 6) is -0.268. The van der Waals surface area contributed by atoms with Gasteiger partial charge in [-0.05, 0) is 30.5 Å². The van der Waals surface area contributed by atoms with Crippen LogP contribution in [-0.2, 0) is 11.2 Å². The molecule has 0 aliphatic rings. The molecule has 0 saturated carbocycles. The maximum absolute atomic E-state index is 10.7. The summed E-state index contributed by atoms with van der Waals surface area (Å²) >= 11 is 0. The third-order valence-corrected chi connectivity index (χ3v) is 2.56. The molecule has 87 valence electrons. The van der Waals surface area contributed by atoms with Crippen LogP contribution in [-0.4, -0.2) is 5.91 Å². The fourth-order valence-corrected chi connectivity index (χ4v) is 1.67. The maximum Gasteiger partial charge on any atom is 0.224 e. The van der Waals surface area contributed by atoms with Gasteiger partial charge in [-0.25, -0.2) is 0 Å². The van der Waals surface area contributed by atoms with Crippen LogP contribution < -0.4 is 5.32 Å². The van der Waals surface area contributed by atoms with E-state index in [-0.39, 0.29) is 5.91 Å². The van der Waals surface area contributed by atoms with Crippen molar-refractivity contribution in [1.82, 2.24) is 0 Å². The summed E-state index contributed by atoms with van der Waals surface area (Å²) in [5, 5.41) is 2.66. The molecule has 1 aromatic rings. The van der Waals surface area contributed by atoms with E-state index in [1.807, 2.05) is 12.1 Å². The SMILES string of the molecule is [CH2]C(=O)Nc1ccc(CCCCCC)cc1. The second kappa shape index (κ2) is 7.04. The minimum absolute atomic E-state index is 0.268. The first-order valence-electron chi connectivity index (χ1n) is 5.94. The van der Waals surface area contributed by atoms with Crippen molar-refractivity contribution in [3.05, 3.63) is 36.8 Å². The van der Waals surface area contributed by atoms with E-state index in [0.717, 1.165) is 12.1 Å². The molecule has 0 spiro atoms. The van der Waals surface area contributed by atoms with E-state index in [1.165, 1.54) is 31.2 Å². The highest BCUT2D eigenvalue weighted by molar-refractivity contribution is 5.93. The van der Waals surface area contributed by atoms with Crippen molar-refractivity contribution in [3.63, 3.8) is 0 Å². The highest BCUT2D eigenvalue weighted by Crippen LogP contribution is 2.12. The summed E-state index contributed by atoms with van der Waals surface area (Å²) < 4.78 is 0. The monoisotopic (exact) mass is 218 g/mol. The van der Waals surface area contributed by atoms with Crippen molar-refractivity contribution in [1.29, 1.82) is 0 Å². The Balaban J connectivity index is 2.36. The Labute approximate surface area is 98.1 Å². The molecule has 0 heterocycles. The predicted molar refractivity (Wildman–Crippen MR) is 68.3 cm³/mol. The lowest BCUT2D eigenvalue weighted by molar-refractivity contribution is -0.112. The van der Waals surface area contributed by atoms with Crippen LogP contribution in [0.5, 0.6) is 0 Å². The zero-order chi connectivity index (χ0) is 11.8. The van der Waals surface area contributed by atoms with Crippen LogP contribution >= 0.6 is 0 Å². The summed E-state index contributed by atoms with van der Waals surface area (Å²) in [6.45, 7) is 5.49. The van der Waals surface area contributed by atoms with Crippen molar-refractivity contribution in [2.75, 3.05) is 5.32 Å². The number of anilines is 1. The number of aryl methyl sites for hydroxylation is 1. The van der Waals surface area contributed by atoms with Gasteiger partial charge in [0.1, 0.15) is 0 Å². The standard InChI is InChI=1S/C14H20NO/c1-3-4-5-6-7-13-8-10-14(11-9-13)15-12(2)16/h8-11H,2-7H2,1H3,(H,15,16). The lowest BCUT2D eigenvalue weighted by atomic mass is 10.1. The van der Waals surface area contributed by atoms with Crippen LogP contribution in [0, 0.1) is 6.92 Å². The average molecular weight is 218 g/mol. The quantitative estimate of drug-likeness (QED) is 0.726. The highest BCUT2D eigenvalue weighted by Gasteiger charge is 1.96. The van der Waals surface area contributed by atoms with Crippen molar-refractivity contribution >= 4 is 11.6 Å². The Hall–Kier alpha value is -1.31. The molecule has 0 unspecified atom stereocenters. The summed E-state index contributed by atoms with van der Waals surface area (Å²) in [7, 11) is 0. The van der Waals surface area contributed by atoms with Gasteiger partial charge >= 0.3 is 0 Å². The second-order valence-corrected chi connectivity index (χ2v) is 4.06. The van der Waals surface area contributed by atoms with E-state index < -0.39 is 0 Å². The maximum atomic E-state index is 10.7. The van der Waals surface area contributed by atoms with Crippen molar-refractivity contribution < 1.29 is 4.79 Å². The van der Waals surface area contributed by atoms with E-state index in [9.17, 15) is 4.79 Å². The number of hydrogen-bond acceptors (Lipinski definition) is 1. The van der Waals surface area contributed by atoms with Gasteiger partial charge in [0.05, 0.1) is 0 Å². The topological polar surface area (TPSA) is 29.1 Å². The molecule has 1 rings (SSSR count). The summed E-state index contributed by atoms with van der Waals surface area (Å²) in [5.41, 5.74) is 2.15. The molecule has 2 nitrogen and oxygen atoms in total. The Morgan fingerprint density at radius 3 is 2.44 bits per heavy atom. The van der Waals surface area contributed by atoms with Crippen molar-refractivity contribution in [3.8, 4) is 0 Å². The van der Waals surface area contributed by atoms with Gasteiger partial charge in [0.25, 0.3) is 0 Å². The molecule has 0 fully saturated rings. The Kier molecular flexibility index (Phi) is 5.62. The largest absolute Gasteiger partial charge is 0.326 e. The first kappa shape index (κ1) is 12.8. The molecular formula is C14H20NO. The normalized spacial score (nSPS) is 10.1. The number of unbranched alkanes of at least 4 members (excludes halogenated alkanes) is 3. The second-order valence-electron chi connectivity index (χ2n) is 4.06. The van der Waals surface area contributed by atoms with Crippen LogP contribution in [0.3, 0.4) is 0 Å². The number of rotatable bonds is 6. The van der Waals surface area contributed by atoms with Crippen LogP contribution in [0.2, 0.25) is 0 Å². The number of benzene rings is 1. The summed E-state index contributed by atoms with van der Waals surface area (Å²) in [6, 6.07) is 7.99. The zero-order valence-corrected chi connectivity index (χ0v) is 9.96. The molecule has 2 heteroatoms. The van der Waals surface area contributed by atoms with Crippen molar-refractivity contribution in [2.45, 2.75) is 39.0 Å². The van der Waals surface area contributed by atoms with Gasteiger partial charge in [-0.3, -0.25) is 4.79 Å². The van der Waals surface area contributed by atoms with E-state index >= 15 is 0 Å². The first-order valence-corrected chi connectivity index (χ1v) is 5.94. The molecule has 1 radical (unpaired) electrons. The number of amides is 1. The molecule has 0 aliphatic heterocycles. The molecule has 1 amide bonds. The first-order chi connectivity index (χ1) is 7.72. The van der Waals surface area contributed by atoms with E-state index in [4.69, 9.17) is 0 Å². The fourth-order valence-electron chi connectivity index (χ4n) is 1.67. The molecule has 1 aromatic carbocycles. The fraction of sp³-hybridized carbons (Fsp3) is 0.429. The third kappa shape index (κ3) is 4.96. The van der Waals surface area contributed by atoms with E-state index in [1.54, 1.807) is 0 Å². The lowest BCUT2D eigenvalue weighted by Gasteiger charge is -2.04. The molecule has 0 saturated heterocycles. The molecule has 0 bridgehead atoms.